The Balaban J connectivity index is 2.17. The van der Waals surface area contributed by atoms with Crippen molar-refractivity contribution < 1.29 is 5.11 Å². The molecular weight excluding hydrogens is 302 g/mol. The lowest BCUT2D eigenvalue weighted by Crippen LogP contribution is -2.28. The monoisotopic (exact) mass is 325 g/mol. The first-order chi connectivity index (χ1) is 8.99. The molecule has 1 fully saturated rings. The van der Waals surface area contributed by atoms with E-state index in [1.54, 1.807) is 6.92 Å². The Labute approximate surface area is 124 Å². The van der Waals surface area contributed by atoms with E-state index in [0.717, 1.165) is 22.5 Å². The van der Waals surface area contributed by atoms with Crippen LogP contribution in [0.2, 0.25) is 0 Å². The molecule has 1 aliphatic rings. The molecule has 1 saturated carbocycles. The molecule has 0 aromatic heterocycles. The van der Waals surface area contributed by atoms with Crippen molar-refractivity contribution in [2.45, 2.75) is 52.2 Å². The van der Waals surface area contributed by atoms with Gasteiger partial charge >= 0.3 is 0 Å². The highest BCUT2D eigenvalue weighted by molar-refractivity contribution is 9.10. The van der Waals surface area contributed by atoms with Crippen LogP contribution in [0.5, 0.6) is 0 Å². The Bertz CT molecular complexity index is 427. The molecule has 0 unspecified atom stereocenters. The second-order valence-electron chi connectivity index (χ2n) is 5.99. The average molecular weight is 326 g/mol. The van der Waals surface area contributed by atoms with Gasteiger partial charge in [-0.2, -0.15) is 0 Å². The lowest BCUT2D eigenvalue weighted by molar-refractivity contribution is 0.199. The molecule has 1 aromatic carbocycles. The number of aliphatic hydroxyl groups excluding tert-OH is 1. The topological polar surface area (TPSA) is 23.5 Å². The van der Waals surface area contributed by atoms with E-state index in [1.807, 2.05) is 12.1 Å². The van der Waals surface area contributed by atoms with Crippen LogP contribution in [0, 0.1) is 5.92 Å². The first-order valence-electron chi connectivity index (χ1n) is 7.23. The zero-order valence-electron chi connectivity index (χ0n) is 12.1. The summed E-state index contributed by atoms with van der Waals surface area (Å²) in [7, 11) is 0. The zero-order chi connectivity index (χ0) is 14.0. The van der Waals surface area contributed by atoms with Gasteiger partial charge in [0.15, 0.2) is 0 Å². The van der Waals surface area contributed by atoms with E-state index >= 15 is 0 Å². The van der Waals surface area contributed by atoms with Crippen LogP contribution in [0.15, 0.2) is 22.7 Å². The number of benzene rings is 1. The lowest BCUT2D eigenvalue weighted by atomic mass is 10.1. The van der Waals surface area contributed by atoms with E-state index in [0.29, 0.717) is 6.04 Å². The van der Waals surface area contributed by atoms with Crippen LogP contribution in [0.1, 0.15) is 51.7 Å². The SMILES string of the molecule is CC(C)CCN(c1ccc([C@H](C)O)cc1Br)C1CC1. The zero-order valence-corrected chi connectivity index (χ0v) is 13.7. The summed E-state index contributed by atoms with van der Waals surface area (Å²) in [6.07, 6.45) is 3.43. The van der Waals surface area contributed by atoms with Gasteiger partial charge in [-0.05, 0) is 65.7 Å². The van der Waals surface area contributed by atoms with Gasteiger partial charge in [-0.25, -0.2) is 0 Å². The smallest absolute Gasteiger partial charge is 0.0762 e. The molecule has 0 spiro atoms. The maximum Gasteiger partial charge on any atom is 0.0762 e. The van der Waals surface area contributed by atoms with Gasteiger partial charge in [0.2, 0.25) is 0 Å². The third-order valence-electron chi connectivity index (χ3n) is 3.70. The fraction of sp³-hybridized carbons (Fsp3) is 0.625. The standard InChI is InChI=1S/C16H24BrNO/c1-11(2)8-9-18(14-5-6-14)16-7-4-13(12(3)19)10-15(16)17/h4,7,10-12,14,19H,5-6,8-9H2,1-3H3/t12-/m0/s1. The number of anilines is 1. The molecule has 1 aliphatic carbocycles. The van der Waals surface area contributed by atoms with Gasteiger partial charge < -0.3 is 10.0 Å². The van der Waals surface area contributed by atoms with Crippen molar-refractivity contribution >= 4 is 21.6 Å². The van der Waals surface area contributed by atoms with Gasteiger partial charge in [0, 0.05) is 17.1 Å². The Morgan fingerprint density at radius 2 is 2.00 bits per heavy atom. The average Bonchev–Trinajstić information content (AvgIpc) is 3.14. The van der Waals surface area contributed by atoms with Gasteiger partial charge in [-0.15, -0.1) is 0 Å². The third kappa shape index (κ3) is 3.96. The first kappa shape index (κ1) is 14.9. The highest BCUT2D eigenvalue weighted by Gasteiger charge is 2.30. The predicted molar refractivity (Wildman–Crippen MR) is 84.6 cm³/mol. The summed E-state index contributed by atoms with van der Waals surface area (Å²) in [5.41, 5.74) is 2.24. The summed E-state index contributed by atoms with van der Waals surface area (Å²) in [5, 5.41) is 9.64. The Kier molecular flexibility index (Phi) is 4.91. The van der Waals surface area contributed by atoms with Gasteiger partial charge in [0.05, 0.1) is 11.8 Å². The molecule has 19 heavy (non-hydrogen) atoms. The van der Waals surface area contributed by atoms with Crippen molar-refractivity contribution in [3.8, 4) is 0 Å². The van der Waals surface area contributed by atoms with Gasteiger partial charge in [0.25, 0.3) is 0 Å². The third-order valence-corrected chi connectivity index (χ3v) is 4.33. The Morgan fingerprint density at radius 1 is 1.32 bits per heavy atom. The molecule has 0 heterocycles. The van der Waals surface area contributed by atoms with E-state index in [1.165, 1.54) is 24.9 Å². The number of rotatable bonds is 6. The molecular formula is C16H24BrNO. The van der Waals surface area contributed by atoms with E-state index in [4.69, 9.17) is 0 Å². The van der Waals surface area contributed by atoms with E-state index in [9.17, 15) is 5.11 Å². The fourth-order valence-corrected chi connectivity index (χ4v) is 2.92. The van der Waals surface area contributed by atoms with Crippen molar-refractivity contribution in [3.63, 3.8) is 0 Å². The van der Waals surface area contributed by atoms with Gasteiger partial charge in [0.1, 0.15) is 0 Å². The van der Waals surface area contributed by atoms with E-state index in [2.05, 4.69) is 40.7 Å². The number of halogens is 1. The van der Waals surface area contributed by atoms with Crippen LogP contribution < -0.4 is 4.90 Å². The summed E-state index contributed by atoms with van der Waals surface area (Å²) in [5.74, 6) is 0.733. The summed E-state index contributed by atoms with van der Waals surface area (Å²) in [6.45, 7) is 7.47. The summed E-state index contributed by atoms with van der Waals surface area (Å²) in [6, 6.07) is 6.94. The van der Waals surface area contributed by atoms with Crippen molar-refractivity contribution in [2.75, 3.05) is 11.4 Å². The van der Waals surface area contributed by atoms with Crippen LogP contribution in [-0.4, -0.2) is 17.7 Å². The van der Waals surface area contributed by atoms with Crippen molar-refractivity contribution in [2.24, 2.45) is 5.92 Å². The fourth-order valence-electron chi connectivity index (χ4n) is 2.30. The molecule has 1 aromatic rings. The molecule has 0 bridgehead atoms. The second kappa shape index (κ2) is 6.27. The minimum Gasteiger partial charge on any atom is -0.389 e. The molecule has 2 nitrogen and oxygen atoms in total. The second-order valence-corrected chi connectivity index (χ2v) is 6.85. The number of hydrogen-bond acceptors (Lipinski definition) is 2. The van der Waals surface area contributed by atoms with Gasteiger partial charge in [-0.1, -0.05) is 19.9 Å². The maximum absolute atomic E-state index is 9.64. The highest BCUT2D eigenvalue weighted by Crippen LogP contribution is 2.37. The van der Waals surface area contributed by atoms with Crippen molar-refractivity contribution in [1.82, 2.24) is 0 Å². The summed E-state index contributed by atoms with van der Waals surface area (Å²) in [4.78, 5) is 2.52. The van der Waals surface area contributed by atoms with Crippen LogP contribution >= 0.6 is 15.9 Å². The Hall–Kier alpha value is -0.540. The van der Waals surface area contributed by atoms with Crippen LogP contribution in [0.4, 0.5) is 5.69 Å². The molecule has 0 radical (unpaired) electrons. The van der Waals surface area contributed by atoms with Crippen molar-refractivity contribution in [3.05, 3.63) is 28.2 Å². The summed E-state index contributed by atoms with van der Waals surface area (Å²) >= 11 is 3.67. The summed E-state index contributed by atoms with van der Waals surface area (Å²) < 4.78 is 1.10. The molecule has 2 rings (SSSR count). The maximum atomic E-state index is 9.64. The molecule has 0 amide bonds. The van der Waals surface area contributed by atoms with E-state index in [-0.39, 0.29) is 0 Å². The number of nitrogens with zero attached hydrogens (tertiary/aromatic N) is 1. The quantitative estimate of drug-likeness (QED) is 0.831. The van der Waals surface area contributed by atoms with Gasteiger partial charge in [-0.3, -0.25) is 0 Å². The molecule has 3 heteroatoms. The molecule has 106 valence electrons. The Morgan fingerprint density at radius 3 is 2.47 bits per heavy atom. The van der Waals surface area contributed by atoms with Crippen molar-refractivity contribution in [1.29, 1.82) is 0 Å². The van der Waals surface area contributed by atoms with Crippen LogP contribution in [-0.2, 0) is 0 Å². The minimum atomic E-state index is -0.407. The first-order valence-corrected chi connectivity index (χ1v) is 8.02. The number of aliphatic hydroxyl groups is 1. The molecule has 1 N–H and O–H groups in total. The normalized spacial score (nSPS) is 16.7. The van der Waals surface area contributed by atoms with E-state index < -0.39 is 6.10 Å². The largest absolute Gasteiger partial charge is 0.389 e. The number of hydrogen-bond donors (Lipinski definition) is 1. The lowest BCUT2D eigenvalue weighted by Gasteiger charge is -2.27. The molecule has 0 aliphatic heterocycles. The molecule has 0 saturated heterocycles. The highest BCUT2D eigenvalue weighted by atomic mass is 79.9. The molecule has 1 atom stereocenters. The van der Waals surface area contributed by atoms with Crippen LogP contribution in [0.25, 0.3) is 0 Å². The predicted octanol–water partition coefficient (Wildman–Crippen LogP) is 4.52. The van der Waals surface area contributed by atoms with Crippen LogP contribution in [0.3, 0.4) is 0 Å². The minimum absolute atomic E-state index is 0.407.